The molecule has 3 rings (SSSR count). The molecule has 2 N–H and O–H groups in total. The summed E-state index contributed by atoms with van der Waals surface area (Å²) in [7, 11) is -4.10. The van der Waals surface area contributed by atoms with Crippen molar-refractivity contribution in [1.29, 1.82) is 0 Å². The molecule has 11 heteroatoms. The zero-order valence-electron chi connectivity index (χ0n) is 12.5. The number of imidazole rings is 1. The molecular weight excluding hydrogens is 360 g/mol. The van der Waals surface area contributed by atoms with Crippen molar-refractivity contribution in [3.63, 3.8) is 0 Å². The molecule has 2 aromatic heterocycles. The summed E-state index contributed by atoms with van der Waals surface area (Å²) < 4.78 is 30.1. The van der Waals surface area contributed by atoms with Crippen LogP contribution in [0.3, 0.4) is 0 Å². The highest BCUT2D eigenvalue weighted by molar-refractivity contribution is 7.90. The predicted molar refractivity (Wildman–Crippen MR) is 90.5 cm³/mol. The topological polar surface area (TPSA) is 105 Å². The van der Waals surface area contributed by atoms with Crippen LogP contribution < -0.4 is 5.73 Å². The quantitative estimate of drug-likeness (QED) is 0.651. The molecule has 0 bridgehead atoms. The van der Waals surface area contributed by atoms with Crippen LogP contribution in [0.2, 0.25) is 5.15 Å². The van der Waals surface area contributed by atoms with E-state index in [0.29, 0.717) is 11.5 Å². The van der Waals surface area contributed by atoms with Gasteiger partial charge in [0.15, 0.2) is 10.1 Å². The minimum absolute atomic E-state index is 0.124. The van der Waals surface area contributed by atoms with Gasteiger partial charge in [-0.25, -0.2) is 9.99 Å². The second-order valence-electron chi connectivity index (χ2n) is 5.12. The number of sulfonamides is 1. The Morgan fingerprint density at radius 3 is 3.00 bits per heavy atom. The van der Waals surface area contributed by atoms with Gasteiger partial charge >= 0.3 is 10.0 Å². The highest BCUT2D eigenvalue weighted by Crippen LogP contribution is 2.27. The summed E-state index contributed by atoms with van der Waals surface area (Å²) in [6, 6.07) is 0. The molecule has 2 aromatic rings. The lowest BCUT2D eigenvalue weighted by molar-refractivity contribution is 0.436. The van der Waals surface area contributed by atoms with Crippen LogP contribution in [-0.2, 0) is 10.0 Å². The molecule has 1 aliphatic heterocycles. The molecule has 1 atom stereocenters. The van der Waals surface area contributed by atoms with E-state index in [0.717, 1.165) is 12.1 Å². The molecule has 0 aromatic carbocycles. The maximum atomic E-state index is 12.5. The minimum Gasteiger partial charge on any atom is -0.367 e. The van der Waals surface area contributed by atoms with Crippen LogP contribution in [0.25, 0.3) is 4.96 Å². The number of nitrogens with zero attached hydrogens (tertiary/aromatic N) is 5. The van der Waals surface area contributed by atoms with Crippen molar-refractivity contribution in [1.82, 2.24) is 14.4 Å². The van der Waals surface area contributed by atoms with Gasteiger partial charge in [-0.1, -0.05) is 18.5 Å². The Morgan fingerprint density at radius 2 is 2.35 bits per heavy atom. The second kappa shape index (κ2) is 5.77. The first-order valence-corrected chi connectivity index (χ1v) is 9.57. The van der Waals surface area contributed by atoms with Gasteiger partial charge in [0.25, 0.3) is 0 Å². The molecule has 0 saturated heterocycles. The number of fused-ring (bicyclic) bond motifs is 1. The Kier molecular flexibility index (Phi) is 4.07. The minimum atomic E-state index is -4.10. The fraction of sp³-hybridized carbons (Fsp3) is 0.417. The Bertz CT molecular complexity index is 913. The maximum absolute atomic E-state index is 12.5. The fourth-order valence-corrected chi connectivity index (χ4v) is 4.77. The highest BCUT2D eigenvalue weighted by Gasteiger charge is 2.28. The Hall–Kier alpha value is -1.65. The lowest BCUT2D eigenvalue weighted by atomic mass is 10.0. The smallest absolute Gasteiger partial charge is 0.304 e. The van der Waals surface area contributed by atoms with E-state index in [2.05, 4.69) is 14.5 Å². The number of hydrogen-bond acceptors (Lipinski definition) is 5. The van der Waals surface area contributed by atoms with Crippen LogP contribution >= 0.6 is 22.9 Å². The van der Waals surface area contributed by atoms with Crippen molar-refractivity contribution in [2.75, 3.05) is 6.54 Å². The molecule has 1 unspecified atom stereocenters. The molecule has 1 aliphatic rings. The van der Waals surface area contributed by atoms with E-state index >= 15 is 0 Å². The van der Waals surface area contributed by atoms with Crippen LogP contribution in [-0.4, -0.2) is 41.0 Å². The van der Waals surface area contributed by atoms with Gasteiger partial charge in [-0.05, 0) is 13.3 Å². The van der Waals surface area contributed by atoms with Crippen molar-refractivity contribution in [2.24, 2.45) is 21.2 Å². The third-order valence-corrected chi connectivity index (χ3v) is 6.09. The summed E-state index contributed by atoms with van der Waals surface area (Å²) in [5.41, 5.74) is 6.75. The molecule has 0 fully saturated rings. The molecule has 0 amide bonds. The molecule has 0 aliphatic carbocycles. The van der Waals surface area contributed by atoms with Crippen molar-refractivity contribution in [3.8, 4) is 0 Å². The average Bonchev–Trinajstić information content (AvgIpc) is 3.11. The van der Waals surface area contributed by atoms with Gasteiger partial charge in [-0.3, -0.25) is 4.40 Å². The summed E-state index contributed by atoms with van der Waals surface area (Å²) >= 11 is 7.23. The van der Waals surface area contributed by atoms with E-state index in [1.165, 1.54) is 20.7 Å². The van der Waals surface area contributed by atoms with Gasteiger partial charge in [0, 0.05) is 23.2 Å². The summed E-state index contributed by atoms with van der Waals surface area (Å²) in [6.07, 6.45) is 2.47. The Morgan fingerprint density at radius 1 is 1.61 bits per heavy atom. The zero-order valence-corrected chi connectivity index (χ0v) is 14.9. The molecule has 0 radical (unpaired) electrons. The first-order chi connectivity index (χ1) is 10.8. The van der Waals surface area contributed by atoms with E-state index in [1.54, 1.807) is 11.6 Å². The molecule has 0 spiro atoms. The van der Waals surface area contributed by atoms with Crippen molar-refractivity contribution >= 4 is 49.6 Å². The summed E-state index contributed by atoms with van der Waals surface area (Å²) in [4.78, 5) is 4.47. The Labute approximate surface area is 142 Å². The monoisotopic (exact) mass is 374 g/mol. The number of thiazole rings is 1. The largest absolute Gasteiger partial charge is 0.367 e. The molecule has 23 heavy (non-hydrogen) atoms. The normalized spacial score (nSPS) is 19.6. The van der Waals surface area contributed by atoms with Crippen molar-refractivity contribution in [2.45, 2.75) is 25.3 Å². The number of rotatable bonds is 3. The molecule has 124 valence electrons. The molecular formula is C12H15ClN6O2S2. The number of hydrogen-bond donors (Lipinski definition) is 1. The van der Waals surface area contributed by atoms with E-state index in [-0.39, 0.29) is 22.1 Å². The van der Waals surface area contributed by atoms with Gasteiger partial charge in [0.05, 0.1) is 6.54 Å². The number of guanidine groups is 1. The van der Waals surface area contributed by atoms with Crippen LogP contribution in [0.5, 0.6) is 0 Å². The van der Waals surface area contributed by atoms with E-state index < -0.39 is 10.0 Å². The third kappa shape index (κ3) is 2.81. The van der Waals surface area contributed by atoms with Crippen molar-refractivity contribution < 1.29 is 8.42 Å². The third-order valence-electron chi connectivity index (χ3n) is 3.66. The van der Waals surface area contributed by atoms with E-state index in [4.69, 9.17) is 17.3 Å². The van der Waals surface area contributed by atoms with Crippen molar-refractivity contribution in [3.05, 3.63) is 16.7 Å². The van der Waals surface area contributed by atoms with Gasteiger partial charge < -0.3 is 5.73 Å². The van der Waals surface area contributed by atoms with Crippen LogP contribution in [0, 0.1) is 5.92 Å². The summed E-state index contributed by atoms with van der Waals surface area (Å²) in [6.45, 7) is 4.44. The lowest BCUT2D eigenvalue weighted by Gasteiger charge is -2.13. The average molecular weight is 375 g/mol. The van der Waals surface area contributed by atoms with Gasteiger partial charge in [0.2, 0.25) is 11.0 Å². The highest BCUT2D eigenvalue weighted by atomic mass is 35.5. The zero-order chi connectivity index (χ0) is 16.8. The molecule has 3 heterocycles. The van der Waals surface area contributed by atoms with Gasteiger partial charge in [-0.15, -0.1) is 15.7 Å². The number of halogens is 1. The van der Waals surface area contributed by atoms with Crippen LogP contribution in [0.4, 0.5) is 0 Å². The van der Waals surface area contributed by atoms with Gasteiger partial charge in [-0.2, -0.15) is 13.5 Å². The summed E-state index contributed by atoms with van der Waals surface area (Å²) in [5.74, 6) is 0.0649. The van der Waals surface area contributed by atoms with E-state index in [1.807, 2.05) is 13.8 Å². The maximum Gasteiger partial charge on any atom is 0.304 e. The summed E-state index contributed by atoms with van der Waals surface area (Å²) in [5, 5.41) is 7.06. The molecule has 0 saturated carbocycles. The van der Waals surface area contributed by atoms with Crippen LogP contribution in [0.15, 0.2) is 26.1 Å². The first kappa shape index (κ1) is 16.2. The number of nitrogens with two attached hydrogens (primary N) is 1. The Balaban J connectivity index is 1.98. The van der Waals surface area contributed by atoms with Gasteiger partial charge in [0.1, 0.15) is 0 Å². The second-order valence-corrected chi connectivity index (χ2v) is 7.87. The molecule has 8 nitrogen and oxygen atoms in total. The fourth-order valence-electron chi connectivity index (χ4n) is 2.41. The van der Waals surface area contributed by atoms with Crippen LogP contribution in [0.1, 0.15) is 20.3 Å². The predicted octanol–water partition coefficient (Wildman–Crippen LogP) is 1.77. The standard InChI is InChI=1S/C12H15ClN6O2S2/c1-3-8-6-19(16-7(8)2)11(14)17-23(20,21)10-9(13)15-12-18(10)4-5-22-12/h4-5,8H,3,6H2,1-2H3,(H2,14,17). The first-order valence-electron chi connectivity index (χ1n) is 6.87. The number of hydrazone groups is 1. The lowest BCUT2D eigenvalue weighted by Crippen LogP contribution is -2.34. The van der Waals surface area contributed by atoms with E-state index in [9.17, 15) is 8.42 Å². The number of aromatic nitrogens is 2. The SMILES string of the molecule is CCC1CN(/C(N)=N/S(=O)(=O)c2c(Cl)nc3sccn23)N=C1C.